The van der Waals surface area contributed by atoms with E-state index in [9.17, 15) is 9.59 Å². The number of carboxylic acids is 2. The Morgan fingerprint density at radius 3 is 0.753 bits per heavy atom. The minimum atomic E-state index is -2.70. The zero-order valence-corrected chi connectivity index (χ0v) is 60.6. The van der Waals surface area contributed by atoms with Gasteiger partial charge in [0.1, 0.15) is 0 Å². The van der Waals surface area contributed by atoms with Gasteiger partial charge in [-0.15, -0.1) is 0 Å². The summed E-state index contributed by atoms with van der Waals surface area (Å²) in [6.45, 7) is 47.0. The molecular weight excluding hydrogens is 1280 g/mol. The Hall–Kier alpha value is 0.789. The Bertz CT molecular complexity index is 1420. The first kappa shape index (κ1) is 145. The normalized spacial score (nSPS) is 12.9. The summed E-state index contributed by atoms with van der Waals surface area (Å²) in [5, 5.41) is 17.3. The first-order valence-corrected chi connectivity index (χ1v) is 57.2. The summed E-state index contributed by atoms with van der Waals surface area (Å²) in [7, 11) is -21.7. The highest BCUT2D eigenvalue weighted by Crippen LogP contribution is 2.34. The van der Waals surface area contributed by atoms with Gasteiger partial charge in [-0.3, -0.25) is 9.59 Å². The van der Waals surface area contributed by atoms with Gasteiger partial charge in [-0.1, -0.05) is 263 Å². The van der Waals surface area contributed by atoms with Gasteiger partial charge < -0.3 is 43.1 Å². The monoisotopic (exact) mass is 1470 g/mol. The molecule has 0 aliphatic rings. The summed E-state index contributed by atoms with van der Waals surface area (Å²) in [6, 6.07) is 2.85. The van der Waals surface area contributed by atoms with E-state index < -0.39 is 97.3 Å². The minimum Gasteiger partial charge on any atom is -0.481 e. The summed E-state index contributed by atoms with van der Waals surface area (Å²) < 4.78 is 55.4. The van der Waals surface area contributed by atoms with E-state index in [2.05, 4.69) is 138 Å². The van der Waals surface area contributed by atoms with Crippen LogP contribution in [0.25, 0.3) is 0 Å². The number of unbranched alkanes of at least 4 members (excludes halogenated alkanes) is 18. The molecular formula is C67H190O12Si10. The van der Waals surface area contributed by atoms with Crippen LogP contribution in [0.4, 0.5) is 0 Å². The smallest absolute Gasteiger partial charge is 0.317 e. The van der Waals surface area contributed by atoms with Crippen LogP contribution in [0.2, 0.25) is 149 Å². The molecule has 0 rings (SSSR count). The molecule has 0 fully saturated rings. The fourth-order valence-electron chi connectivity index (χ4n) is 9.53. The molecule has 0 spiro atoms. The molecule has 89 heavy (non-hydrogen) atoms. The van der Waals surface area contributed by atoms with E-state index >= 15 is 0 Å². The predicted octanol–water partition coefficient (Wildman–Crippen LogP) is 28.5. The Morgan fingerprint density at radius 2 is 0.506 bits per heavy atom. The molecule has 0 aromatic carbocycles. The van der Waals surface area contributed by atoms with Crippen LogP contribution in [0.5, 0.6) is 0 Å². The SMILES string of the molecule is C.C.C.C.C.C.C.C.C.C.C.C.C.C.C.C.C.C.CCCCCCCCCCCC(=O)O.C[SiH](O[Si](C)(C)C)O[Si](C)(CCCCCC[Si](C)(O[Si](C)(C)O[Si](C)(C)C)O[Si](C)(CCCCCCCCCCC(=O)O)O[Si](C)(C)C)O[Si](C)(C)O[Si](C)(C)C. The zero-order valence-electron chi connectivity index (χ0n) is 50.4. The fourth-order valence-corrected chi connectivity index (χ4v) is 53.9. The van der Waals surface area contributed by atoms with E-state index in [-0.39, 0.29) is 140 Å². The summed E-state index contributed by atoms with van der Waals surface area (Å²) in [5.74, 6) is -1.35. The van der Waals surface area contributed by atoms with Gasteiger partial charge in [-0.2, -0.15) is 0 Å². The van der Waals surface area contributed by atoms with Crippen molar-refractivity contribution in [3.63, 3.8) is 0 Å². The lowest BCUT2D eigenvalue weighted by Gasteiger charge is -2.44. The molecule has 4 unspecified atom stereocenters. The van der Waals surface area contributed by atoms with Crippen molar-refractivity contribution < 1.29 is 52.7 Å². The Labute approximate surface area is 583 Å². The van der Waals surface area contributed by atoms with Gasteiger partial charge in [0, 0.05) is 12.8 Å². The van der Waals surface area contributed by atoms with Crippen LogP contribution in [-0.2, 0) is 42.5 Å². The standard InChI is InChI=1S/C37H94O10Si10.C12H24O2.18CH4/c1-48(40-49(2,3)4)41-55(18,45-53(14,15)42-50(5,6)7)34-30-27-28-32-36-57(20,46-54(16,17)43-51(8,9)10)47-56(19,44-52(11,12)13)35-31-26-24-22-21-23-25-29-33-37(38)39;1-2-3-4-5-6-7-8-9-10-11-12(13)14;;;;;;;;;;;;;;;;;;/h48H,21-36H2,1-20H3,(H,38,39);2-11H2,1H3,(H,13,14);18*1H4. The van der Waals surface area contributed by atoms with Crippen LogP contribution in [0.1, 0.15) is 288 Å². The van der Waals surface area contributed by atoms with E-state index in [1.807, 2.05) is 0 Å². The van der Waals surface area contributed by atoms with Crippen LogP contribution in [0.3, 0.4) is 0 Å². The van der Waals surface area contributed by atoms with Crippen molar-refractivity contribution in [2.75, 3.05) is 0 Å². The van der Waals surface area contributed by atoms with Crippen LogP contribution < -0.4 is 0 Å². The van der Waals surface area contributed by atoms with E-state index in [1.165, 1.54) is 70.6 Å². The van der Waals surface area contributed by atoms with Gasteiger partial charge >= 0.3 is 54.7 Å². The Morgan fingerprint density at radius 1 is 0.281 bits per heavy atom. The van der Waals surface area contributed by atoms with E-state index in [4.69, 9.17) is 43.1 Å². The van der Waals surface area contributed by atoms with Crippen molar-refractivity contribution in [2.24, 2.45) is 0 Å². The first-order chi connectivity index (χ1) is 32.2. The highest BCUT2D eigenvalue weighted by molar-refractivity contribution is 6.91. The molecule has 4 atom stereocenters. The molecule has 12 nitrogen and oxygen atoms in total. The van der Waals surface area contributed by atoms with E-state index in [0.717, 1.165) is 82.3 Å². The zero-order chi connectivity index (χ0) is 55.3. The number of hydrogen-bond acceptors (Lipinski definition) is 10. The number of carbonyl (C=O) groups is 2. The van der Waals surface area contributed by atoms with Gasteiger partial charge in [0.05, 0.1) is 0 Å². The van der Waals surface area contributed by atoms with Gasteiger partial charge in [-0.05, 0) is 162 Å². The van der Waals surface area contributed by atoms with Crippen molar-refractivity contribution >= 4 is 97.3 Å². The predicted molar refractivity (Wildman–Crippen MR) is 448 cm³/mol. The van der Waals surface area contributed by atoms with E-state index in [0.29, 0.717) is 6.42 Å². The maximum absolute atomic E-state index is 10.8. The lowest BCUT2D eigenvalue weighted by Crippen LogP contribution is -2.60. The summed E-state index contributed by atoms with van der Waals surface area (Å²) >= 11 is 0. The molecule has 22 heteroatoms. The highest BCUT2D eigenvalue weighted by atomic mass is 28.5. The average Bonchev–Trinajstić information content (AvgIpc) is 3.12. The van der Waals surface area contributed by atoms with Crippen molar-refractivity contribution in [1.29, 1.82) is 0 Å². The van der Waals surface area contributed by atoms with Crippen molar-refractivity contribution in [1.82, 2.24) is 0 Å². The second-order valence-electron chi connectivity index (χ2n) is 25.7. The fraction of sp³-hybridized carbons (Fsp3) is 0.970. The number of hydrogen-bond donors (Lipinski definition) is 2. The second-order valence-corrected chi connectivity index (χ2v) is 64.4. The third kappa shape index (κ3) is 97.6. The summed E-state index contributed by atoms with van der Waals surface area (Å²) in [4.78, 5) is 21.0. The van der Waals surface area contributed by atoms with Crippen LogP contribution in [0.15, 0.2) is 0 Å². The molecule has 0 saturated carbocycles. The lowest BCUT2D eigenvalue weighted by molar-refractivity contribution is -0.138. The molecule has 0 radical (unpaired) electrons. The largest absolute Gasteiger partial charge is 0.481 e. The molecule has 0 amide bonds. The molecule has 0 aliphatic carbocycles. The van der Waals surface area contributed by atoms with Crippen LogP contribution in [0, 0.1) is 0 Å². The van der Waals surface area contributed by atoms with Gasteiger partial charge in [0.15, 0.2) is 33.3 Å². The minimum absolute atomic E-state index is 0. The summed E-state index contributed by atoms with van der Waals surface area (Å²) in [6.07, 6.45) is 24.8. The van der Waals surface area contributed by atoms with Crippen molar-refractivity contribution in [2.45, 2.75) is 437 Å². The van der Waals surface area contributed by atoms with Crippen LogP contribution in [-0.4, -0.2) is 108 Å². The topological polar surface area (TPSA) is 148 Å². The molecule has 570 valence electrons. The van der Waals surface area contributed by atoms with Gasteiger partial charge in [0.2, 0.25) is 0 Å². The lowest BCUT2D eigenvalue weighted by atomic mass is 10.1. The molecule has 0 bridgehead atoms. The first-order valence-electron chi connectivity index (χ1n) is 28.2. The third-order valence-corrected chi connectivity index (χ3v) is 46.3. The van der Waals surface area contributed by atoms with Crippen molar-refractivity contribution in [3.05, 3.63) is 0 Å². The molecule has 2 N–H and O–H groups in total. The van der Waals surface area contributed by atoms with Gasteiger partial charge in [0.25, 0.3) is 9.28 Å². The summed E-state index contributed by atoms with van der Waals surface area (Å²) in [5.41, 5.74) is 0. The second kappa shape index (κ2) is 71.6. The van der Waals surface area contributed by atoms with Gasteiger partial charge in [-0.25, -0.2) is 0 Å². The molecule has 0 heterocycles. The average molecular weight is 1470 g/mol. The number of carboxylic acid groups (broad SMARTS) is 2. The van der Waals surface area contributed by atoms with E-state index in [1.54, 1.807) is 0 Å². The van der Waals surface area contributed by atoms with Crippen molar-refractivity contribution in [3.8, 4) is 0 Å². The molecule has 0 aromatic heterocycles. The molecule has 0 saturated heterocycles. The Balaban J connectivity index is -0.0000000737. The maximum atomic E-state index is 10.8. The molecule has 0 aromatic rings. The number of rotatable bonds is 44. The Kier molecular flexibility index (Phi) is 117. The number of aliphatic carboxylic acids is 2. The maximum Gasteiger partial charge on any atom is 0.317 e. The molecule has 0 aliphatic heterocycles. The quantitative estimate of drug-likeness (QED) is 0.0442. The third-order valence-electron chi connectivity index (χ3n) is 11.2. The highest BCUT2D eigenvalue weighted by Gasteiger charge is 2.49. The van der Waals surface area contributed by atoms with Crippen LogP contribution >= 0.6 is 0 Å².